The number of benzene rings is 1. The summed E-state index contributed by atoms with van der Waals surface area (Å²) in [6.07, 6.45) is 4.82. The molecule has 0 unspecified atom stereocenters. The van der Waals surface area contributed by atoms with E-state index in [0.29, 0.717) is 22.2 Å². The molecule has 0 aliphatic carbocycles. The van der Waals surface area contributed by atoms with Gasteiger partial charge in [-0.1, -0.05) is 17.7 Å². The van der Waals surface area contributed by atoms with Crippen molar-refractivity contribution in [1.29, 1.82) is 0 Å². The van der Waals surface area contributed by atoms with E-state index in [4.69, 9.17) is 11.6 Å². The number of imidazole rings is 1. The molecule has 1 aromatic heterocycles. The van der Waals surface area contributed by atoms with Gasteiger partial charge >= 0.3 is 0 Å². The lowest BCUT2D eigenvalue weighted by atomic mass is 10.1. The number of carbonyl (C=O) groups excluding carboxylic acids is 2. The second-order valence-electron chi connectivity index (χ2n) is 6.80. The molecule has 4 rings (SSSR count). The molecule has 2 amide bonds. The van der Waals surface area contributed by atoms with Gasteiger partial charge in [0.05, 0.1) is 5.69 Å². The van der Waals surface area contributed by atoms with Crippen molar-refractivity contribution in [2.75, 3.05) is 18.4 Å². The Morgan fingerprint density at radius 2 is 1.85 bits per heavy atom. The first-order chi connectivity index (χ1) is 12.6. The van der Waals surface area contributed by atoms with Crippen LogP contribution in [0.2, 0.25) is 5.02 Å². The highest BCUT2D eigenvalue weighted by molar-refractivity contribution is 6.31. The van der Waals surface area contributed by atoms with E-state index < -0.39 is 0 Å². The van der Waals surface area contributed by atoms with Crippen LogP contribution in [0.4, 0.5) is 5.69 Å². The largest absolute Gasteiger partial charge is 0.336 e. The normalized spacial score (nSPS) is 16.4. The zero-order valence-electron chi connectivity index (χ0n) is 14.5. The summed E-state index contributed by atoms with van der Waals surface area (Å²) < 4.78 is 1.94. The highest BCUT2D eigenvalue weighted by Crippen LogP contribution is 2.24. The number of aromatic nitrogens is 2. The Bertz CT molecular complexity index is 855. The number of hydrogen-bond acceptors (Lipinski definition) is 3. The molecule has 0 radical (unpaired) electrons. The second kappa shape index (κ2) is 7.11. The van der Waals surface area contributed by atoms with Gasteiger partial charge in [0.25, 0.3) is 11.8 Å². The molecule has 0 bridgehead atoms. The van der Waals surface area contributed by atoms with E-state index in [1.54, 1.807) is 24.3 Å². The van der Waals surface area contributed by atoms with E-state index in [9.17, 15) is 9.59 Å². The van der Waals surface area contributed by atoms with E-state index in [0.717, 1.165) is 57.4 Å². The SMILES string of the molecule is O=C(Nc1cccc(Cl)c1)c1nc(C(=O)N2CCCC2)n2c1CCCC2. The summed E-state index contributed by atoms with van der Waals surface area (Å²) in [5.41, 5.74) is 1.83. The summed E-state index contributed by atoms with van der Waals surface area (Å²) in [5, 5.41) is 3.40. The van der Waals surface area contributed by atoms with Gasteiger partial charge in [-0.2, -0.15) is 0 Å². The Kier molecular flexibility index (Phi) is 4.68. The maximum absolute atomic E-state index is 12.9. The lowest BCUT2D eigenvalue weighted by Gasteiger charge is -2.19. The molecule has 0 atom stereocenters. The molecule has 6 nitrogen and oxygen atoms in total. The van der Waals surface area contributed by atoms with Crippen LogP contribution in [0.15, 0.2) is 24.3 Å². The van der Waals surface area contributed by atoms with Crippen molar-refractivity contribution in [3.05, 3.63) is 46.5 Å². The number of anilines is 1. The molecule has 2 aliphatic rings. The van der Waals surface area contributed by atoms with Crippen LogP contribution in [-0.4, -0.2) is 39.4 Å². The van der Waals surface area contributed by atoms with Crippen LogP contribution in [0.1, 0.15) is 52.5 Å². The molecular formula is C19H21ClN4O2. The average molecular weight is 373 g/mol. The summed E-state index contributed by atoms with van der Waals surface area (Å²) >= 11 is 5.99. The van der Waals surface area contributed by atoms with Gasteiger partial charge in [0.15, 0.2) is 11.5 Å². The maximum atomic E-state index is 12.9. The van der Waals surface area contributed by atoms with E-state index >= 15 is 0 Å². The zero-order valence-corrected chi connectivity index (χ0v) is 15.3. The minimum atomic E-state index is -0.293. The third kappa shape index (κ3) is 3.21. The number of nitrogens with zero attached hydrogens (tertiary/aromatic N) is 3. The molecule has 1 fully saturated rings. The van der Waals surface area contributed by atoms with Crippen LogP contribution >= 0.6 is 11.6 Å². The van der Waals surface area contributed by atoms with Crippen molar-refractivity contribution in [3.8, 4) is 0 Å². The summed E-state index contributed by atoms with van der Waals surface area (Å²) in [7, 11) is 0. The van der Waals surface area contributed by atoms with Crippen LogP contribution < -0.4 is 5.32 Å². The number of carbonyl (C=O) groups is 2. The molecule has 7 heteroatoms. The van der Waals surface area contributed by atoms with Crippen LogP contribution in [0.5, 0.6) is 0 Å². The monoisotopic (exact) mass is 372 g/mol. The lowest BCUT2D eigenvalue weighted by molar-refractivity contribution is 0.0774. The van der Waals surface area contributed by atoms with Gasteiger partial charge in [0, 0.05) is 30.3 Å². The highest BCUT2D eigenvalue weighted by atomic mass is 35.5. The van der Waals surface area contributed by atoms with Crippen molar-refractivity contribution < 1.29 is 9.59 Å². The van der Waals surface area contributed by atoms with Gasteiger partial charge in [0.2, 0.25) is 0 Å². The molecular weight excluding hydrogens is 352 g/mol. The standard InChI is InChI=1S/C19H21ClN4O2/c20-13-6-5-7-14(12-13)21-18(25)16-15-8-1-2-11-24(15)17(22-16)19(26)23-9-3-4-10-23/h5-7,12H,1-4,8-11H2,(H,21,25). The Morgan fingerprint density at radius 3 is 2.62 bits per heavy atom. The number of hydrogen-bond donors (Lipinski definition) is 1. The smallest absolute Gasteiger partial charge is 0.289 e. The van der Waals surface area contributed by atoms with E-state index in [-0.39, 0.29) is 11.8 Å². The number of halogens is 1. The molecule has 1 N–H and O–H groups in total. The first-order valence-corrected chi connectivity index (χ1v) is 9.47. The Balaban J connectivity index is 1.65. The highest BCUT2D eigenvalue weighted by Gasteiger charge is 2.30. The van der Waals surface area contributed by atoms with Crippen molar-refractivity contribution in [1.82, 2.24) is 14.5 Å². The molecule has 0 saturated carbocycles. The summed E-state index contributed by atoms with van der Waals surface area (Å²) in [4.78, 5) is 32.0. The molecule has 1 saturated heterocycles. The van der Waals surface area contributed by atoms with Crippen molar-refractivity contribution in [2.24, 2.45) is 0 Å². The number of amides is 2. The van der Waals surface area contributed by atoms with Crippen molar-refractivity contribution in [3.63, 3.8) is 0 Å². The Hall–Kier alpha value is -2.34. The number of fused-ring (bicyclic) bond motifs is 1. The number of likely N-dealkylation sites (tertiary alicyclic amines) is 1. The molecule has 3 heterocycles. The fourth-order valence-corrected chi connectivity index (χ4v) is 3.90. The minimum absolute atomic E-state index is 0.0625. The third-order valence-corrected chi connectivity index (χ3v) is 5.24. The van der Waals surface area contributed by atoms with E-state index in [1.807, 2.05) is 9.47 Å². The third-order valence-electron chi connectivity index (χ3n) is 5.00. The molecule has 136 valence electrons. The zero-order chi connectivity index (χ0) is 18.1. The van der Waals surface area contributed by atoms with Gasteiger partial charge in [-0.3, -0.25) is 9.59 Å². The molecule has 2 aromatic rings. The summed E-state index contributed by atoms with van der Waals surface area (Å²) in [5.74, 6) is 0.0451. The number of rotatable bonds is 3. The van der Waals surface area contributed by atoms with Gasteiger partial charge in [-0.05, 0) is 50.3 Å². The second-order valence-corrected chi connectivity index (χ2v) is 7.24. The molecule has 26 heavy (non-hydrogen) atoms. The average Bonchev–Trinajstić information content (AvgIpc) is 3.29. The predicted molar refractivity (Wildman–Crippen MR) is 99.7 cm³/mol. The number of nitrogens with one attached hydrogen (secondary N) is 1. The quantitative estimate of drug-likeness (QED) is 0.898. The molecule has 1 aromatic carbocycles. The van der Waals surface area contributed by atoms with Crippen molar-refractivity contribution in [2.45, 2.75) is 38.6 Å². The van der Waals surface area contributed by atoms with E-state index in [1.165, 1.54) is 0 Å². The van der Waals surface area contributed by atoms with Gasteiger partial charge in [-0.15, -0.1) is 0 Å². The van der Waals surface area contributed by atoms with Crippen LogP contribution in [0.3, 0.4) is 0 Å². The first-order valence-electron chi connectivity index (χ1n) is 9.09. The van der Waals surface area contributed by atoms with Crippen LogP contribution in [0.25, 0.3) is 0 Å². The lowest BCUT2D eigenvalue weighted by Crippen LogP contribution is -2.31. The topological polar surface area (TPSA) is 67.2 Å². The fourth-order valence-electron chi connectivity index (χ4n) is 3.71. The summed E-state index contributed by atoms with van der Waals surface area (Å²) in [6, 6.07) is 7.01. The van der Waals surface area contributed by atoms with Crippen LogP contribution in [0, 0.1) is 0 Å². The van der Waals surface area contributed by atoms with Gasteiger partial charge in [0.1, 0.15) is 0 Å². The van der Waals surface area contributed by atoms with Gasteiger partial charge < -0.3 is 14.8 Å². The van der Waals surface area contributed by atoms with E-state index in [2.05, 4.69) is 10.3 Å². The van der Waals surface area contributed by atoms with Crippen molar-refractivity contribution >= 4 is 29.1 Å². The molecule has 0 spiro atoms. The van der Waals surface area contributed by atoms with Crippen LogP contribution in [-0.2, 0) is 13.0 Å². The fraction of sp³-hybridized carbons (Fsp3) is 0.421. The first kappa shape index (κ1) is 17.1. The minimum Gasteiger partial charge on any atom is -0.336 e. The maximum Gasteiger partial charge on any atom is 0.289 e. The Labute approximate surface area is 157 Å². The predicted octanol–water partition coefficient (Wildman–Crippen LogP) is 3.36. The van der Waals surface area contributed by atoms with Gasteiger partial charge in [-0.25, -0.2) is 4.98 Å². The molecule has 2 aliphatic heterocycles. The Morgan fingerprint density at radius 1 is 1.08 bits per heavy atom. The summed E-state index contributed by atoms with van der Waals surface area (Å²) in [6.45, 7) is 2.28.